The highest BCUT2D eigenvalue weighted by Gasteiger charge is 2.29. The number of ketones is 1. The third-order valence-corrected chi connectivity index (χ3v) is 5.25. The van der Waals surface area contributed by atoms with Crippen LogP contribution in [0.5, 0.6) is 11.5 Å². The minimum atomic E-state index is -0.286. The van der Waals surface area contributed by atoms with E-state index < -0.39 is 0 Å². The Balaban J connectivity index is 1.91. The third-order valence-electron chi connectivity index (χ3n) is 5.25. The topological polar surface area (TPSA) is 55.8 Å². The fourth-order valence-corrected chi connectivity index (χ4v) is 3.68. The number of ether oxygens (including phenoxy) is 2. The van der Waals surface area contributed by atoms with Gasteiger partial charge in [0.2, 0.25) is 5.91 Å². The first-order chi connectivity index (χ1) is 13.9. The molecule has 152 valence electrons. The van der Waals surface area contributed by atoms with E-state index in [-0.39, 0.29) is 24.2 Å². The molecule has 0 radical (unpaired) electrons. The summed E-state index contributed by atoms with van der Waals surface area (Å²) in [6.45, 7) is 6.38. The Labute approximate surface area is 171 Å². The number of hydrogen-bond acceptors (Lipinski definition) is 4. The van der Waals surface area contributed by atoms with E-state index in [0.717, 1.165) is 22.3 Å². The number of benzene rings is 2. The number of nitrogens with zero attached hydrogens (tertiary/aromatic N) is 1. The number of amides is 1. The maximum atomic E-state index is 13.2. The zero-order chi connectivity index (χ0) is 21.0. The van der Waals surface area contributed by atoms with Crippen LogP contribution in [-0.4, -0.2) is 30.3 Å². The second kappa shape index (κ2) is 8.95. The van der Waals surface area contributed by atoms with Crippen molar-refractivity contribution in [3.63, 3.8) is 0 Å². The summed E-state index contributed by atoms with van der Waals surface area (Å²) in [5.74, 6) is 1.25. The van der Waals surface area contributed by atoms with Crippen molar-refractivity contribution < 1.29 is 19.1 Å². The Kier molecular flexibility index (Phi) is 6.37. The second-order valence-corrected chi connectivity index (χ2v) is 7.20. The van der Waals surface area contributed by atoms with E-state index in [0.29, 0.717) is 24.5 Å². The lowest BCUT2D eigenvalue weighted by atomic mass is 9.93. The molecule has 0 fully saturated rings. The van der Waals surface area contributed by atoms with E-state index in [1.807, 2.05) is 57.2 Å². The zero-order valence-electron chi connectivity index (χ0n) is 17.4. The molecule has 0 N–H and O–H groups in total. The number of methoxy groups -OCH3 is 1. The van der Waals surface area contributed by atoms with Crippen molar-refractivity contribution in [3.8, 4) is 11.5 Å². The molecule has 0 bridgehead atoms. The van der Waals surface area contributed by atoms with Crippen molar-refractivity contribution in [2.45, 2.75) is 39.7 Å². The first kappa shape index (κ1) is 20.6. The molecular weight excluding hydrogens is 366 g/mol. The van der Waals surface area contributed by atoms with Crippen LogP contribution in [-0.2, 0) is 16.0 Å². The van der Waals surface area contributed by atoms with Gasteiger partial charge in [-0.3, -0.25) is 9.59 Å². The van der Waals surface area contributed by atoms with Gasteiger partial charge in [-0.1, -0.05) is 24.3 Å². The number of carbonyl (C=O) groups is 2. The van der Waals surface area contributed by atoms with Crippen molar-refractivity contribution in [3.05, 3.63) is 70.9 Å². The predicted molar refractivity (Wildman–Crippen MR) is 112 cm³/mol. The normalized spacial score (nSPS) is 16.1. The van der Waals surface area contributed by atoms with Crippen LogP contribution in [0.4, 0.5) is 0 Å². The third kappa shape index (κ3) is 4.50. The molecule has 2 aromatic carbocycles. The number of allylic oxidation sites excluding steroid dienone is 1. The van der Waals surface area contributed by atoms with Crippen molar-refractivity contribution in [2.24, 2.45) is 0 Å². The summed E-state index contributed by atoms with van der Waals surface area (Å²) < 4.78 is 11.0. The molecule has 0 saturated carbocycles. The molecule has 5 heteroatoms. The molecular formula is C24H27NO4. The standard InChI is InChI=1S/C24H27NO4/c1-5-29-23-13-18(17(3)12-22(23)28-4)14-24(27)25-11-10-19(26)15-21(25)20-9-7-6-8-16(20)2/h6-13,21H,5,14-15H2,1-4H3. The molecule has 1 aliphatic heterocycles. The average molecular weight is 393 g/mol. The van der Waals surface area contributed by atoms with Gasteiger partial charge in [0.05, 0.1) is 26.2 Å². The highest BCUT2D eigenvalue weighted by atomic mass is 16.5. The van der Waals surface area contributed by atoms with Gasteiger partial charge in [0.15, 0.2) is 17.3 Å². The lowest BCUT2D eigenvalue weighted by molar-refractivity contribution is -0.131. The Hall–Kier alpha value is -3.08. The molecule has 1 heterocycles. The van der Waals surface area contributed by atoms with E-state index in [1.165, 1.54) is 6.08 Å². The van der Waals surface area contributed by atoms with Crippen LogP contribution in [0.25, 0.3) is 0 Å². The first-order valence-corrected chi connectivity index (χ1v) is 9.82. The molecule has 2 aromatic rings. The summed E-state index contributed by atoms with van der Waals surface area (Å²) in [4.78, 5) is 27.0. The second-order valence-electron chi connectivity index (χ2n) is 7.20. The average Bonchev–Trinajstić information content (AvgIpc) is 2.70. The monoisotopic (exact) mass is 393 g/mol. The fourth-order valence-electron chi connectivity index (χ4n) is 3.68. The van der Waals surface area contributed by atoms with Gasteiger partial charge in [-0.2, -0.15) is 0 Å². The summed E-state index contributed by atoms with van der Waals surface area (Å²) >= 11 is 0. The van der Waals surface area contributed by atoms with E-state index >= 15 is 0 Å². The van der Waals surface area contributed by atoms with Crippen LogP contribution in [0.2, 0.25) is 0 Å². The summed E-state index contributed by atoms with van der Waals surface area (Å²) in [6.07, 6.45) is 3.61. The van der Waals surface area contributed by atoms with E-state index in [2.05, 4.69) is 0 Å². The van der Waals surface area contributed by atoms with Gasteiger partial charge < -0.3 is 14.4 Å². The number of aryl methyl sites for hydroxylation is 2. The highest BCUT2D eigenvalue weighted by Crippen LogP contribution is 2.33. The van der Waals surface area contributed by atoms with Crippen molar-refractivity contribution >= 4 is 11.7 Å². The van der Waals surface area contributed by atoms with E-state index in [9.17, 15) is 9.59 Å². The largest absolute Gasteiger partial charge is 0.493 e. The SMILES string of the molecule is CCOc1cc(CC(=O)N2C=CC(=O)CC2c2ccccc2C)c(C)cc1OC. The molecule has 3 rings (SSSR count). The molecule has 1 aliphatic rings. The van der Waals surface area contributed by atoms with Crippen LogP contribution in [0, 0.1) is 13.8 Å². The Morgan fingerprint density at radius 2 is 1.90 bits per heavy atom. The molecule has 29 heavy (non-hydrogen) atoms. The van der Waals surface area contributed by atoms with Gasteiger partial charge in [-0.25, -0.2) is 0 Å². The van der Waals surface area contributed by atoms with Gasteiger partial charge in [0.1, 0.15) is 0 Å². The van der Waals surface area contributed by atoms with E-state index in [1.54, 1.807) is 18.2 Å². The number of carbonyl (C=O) groups excluding carboxylic acids is 2. The van der Waals surface area contributed by atoms with Crippen molar-refractivity contribution in [2.75, 3.05) is 13.7 Å². The molecule has 0 spiro atoms. The van der Waals surface area contributed by atoms with Crippen LogP contribution in [0.1, 0.15) is 41.6 Å². The van der Waals surface area contributed by atoms with Crippen LogP contribution >= 0.6 is 0 Å². The quantitative estimate of drug-likeness (QED) is 0.734. The summed E-state index contributed by atoms with van der Waals surface area (Å²) in [7, 11) is 1.60. The van der Waals surface area contributed by atoms with Crippen LogP contribution < -0.4 is 9.47 Å². The highest BCUT2D eigenvalue weighted by molar-refractivity contribution is 5.93. The van der Waals surface area contributed by atoms with Gasteiger partial charge in [-0.15, -0.1) is 0 Å². The van der Waals surface area contributed by atoms with Crippen LogP contribution in [0.15, 0.2) is 48.7 Å². The summed E-state index contributed by atoms with van der Waals surface area (Å²) in [5.41, 5.74) is 3.91. The minimum Gasteiger partial charge on any atom is -0.493 e. The number of hydrogen-bond donors (Lipinski definition) is 0. The molecule has 5 nitrogen and oxygen atoms in total. The summed E-state index contributed by atoms with van der Waals surface area (Å²) in [6, 6.07) is 11.4. The maximum absolute atomic E-state index is 13.2. The maximum Gasteiger partial charge on any atom is 0.231 e. The molecule has 1 amide bonds. The fraction of sp³-hybridized carbons (Fsp3) is 0.333. The molecule has 1 unspecified atom stereocenters. The molecule has 0 saturated heterocycles. The summed E-state index contributed by atoms with van der Waals surface area (Å²) in [5, 5.41) is 0. The van der Waals surface area contributed by atoms with Gasteiger partial charge in [-0.05, 0) is 61.2 Å². The predicted octanol–water partition coefficient (Wildman–Crippen LogP) is 4.31. The Bertz CT molecular complexity index is 948. The Morgan fingerprint density at radius 1 is 1.14 bits per heavy atom. The molecule has 0 aliphatic carbocycles. The smallest absolute Gasteiger partial charge is 0.231 e. The zero-order valence-corrected chi connectivity index (χ0v) is 17.4. The van der Waals surface area contributed by atoms with Crippen LogP contribution in [0.3, 0.4) is 0 Å². The van der Waals surface area contributed by atoms with Gasteiger partial charge in [0, 0.05) is 12.6 Å². The molecule has 0 aromatic heterocycles. The number of rotatable bonds is 6. The lowest BCUT2D eigenvalue weighted by Gasteiger charge is -2.32. The van der Waals surface area contributed by atoms with Crippen molar-refractivity contribution in [1.82, 2.24) is 4.90 Å². The lowest BCUT2D eigenvalue weighted by Crippen LogP contribution is -2.35. The Morgan fingerprint density at radius 3 is 2.59 bits per heavy atom. The molecule has 1 atom stereocenters. The van der Waals surface area contributed by atoms with Gasteiger partial charge in [0.25, 0.3) is 0 Å². The minimum absolute atomic E-state index is 0.0292. The van der Waals surface area contributed by atoms with Crippen molar-refractivity contribution in [1.29, 1.82) is 0 Å². The van der Waals surface area contributed by atoms with Gasteiger partial charge >= 0.3 is 0 Å². The first-order valence-electron chi connectivity index (χ1n) is 9.82. The van der Waals surface area contributed by atoms with E-state index in [4.69, 9.17) is 9.47 Å².